The molecule has 0 aliphatic carbocycles. The average Bonchev–Trinajstić information content (AvgIpc) is 2.55. The van der Waals surface area contributed by atoms with Gasteiger partial charge in [-0.3, -0.25) is 4.79 Å². The second-order valence-electron chi connectivity index (χ2n) is 5.16. The molecule has 1 aromatic rings. The van der Waals surface area contributed by atoms with Gasteiger partial charge in [-0.1, -0.05) is 0 Å². The fourth-order valence-corrected chi connectivity index (χ4v) is 2.37. The summed E-state index contributed by atoms with van der Waals surface area (Å²) in [6.45, 7) is 4.33. The summed E-state index contributed by atoms with van der Waals surface area (Å²) in [5.41, 5.74) is 0.782. The molecule has 1 fully saturated rings. The van der Waals surface area contributed by atoms with Crippen LogP contribution < -0.4 is 10.1 Å². The standard InChI is InChI=1S/C17H21N3O2/c1-2-22-16-8-6-15(7-9-16)19-17(21)14(12-18)13-20-10-4-3-5-11-20/h6-9,13H,2-5,10-11H2,1H3,(H,19,21)/b14-13-. The molecule has 0 bridgehead atoms. The predicted molar refractivity (Wildman–Crippen MR) is 85.4 cm³/mol. The maximum Gasteiger partial charge on any atom is 0.267 e. The molecule has 0 spiro atoms. The largest absolute Gasteiger partial charge is 0.494 e. The molecule has 1 heterocycles. The molecular weight excluding hydrogens is 278 g/mol. The number of piperidine rings is 1. The summed E-state index contributed by atoms with van der Waals surface area (Å²) in [5, 5.41) is 11.9. The monoisotopic (exact) mass is 299 g/mol. The van der Waals surface area contributed by atoms with Gasteiger partial charge in [-0.05, 0) is 50.5 Å². The minimum Gasteiger partial charge on any atom is -0.494 e. The third kappa shape index (κ3) is 4.52. The summed E-state index contributed by atoms with van der Waals surface area (Å²) in [5.74, 6) is 0.377. The number of nitriles is 1. The molecule has 5 nitrogen and oxygen atoms in total. The van der Waals surface area contributed by atoms with Crippen molar-refractivity contribution in [2.24, 2.45) is 0 Å². The van der Waals surface area contributed by atoms with Gasteiger partial charge in [-0.2, -0.15) is 5.26 Å². The Bertz CT molecular complexity index is 567. The van der Waals surface area contributed by atoms with Crippen molar-refractivity contribution in [2.75, 3.05) is 25.0 Å². The minimum atomic E-state index is -0.378. The van der Waals surface area contributed by atoms with Gasteiger partial charge in [0.15, 0.2) is 0 Å². The van der Waals surface area contributed by atoms with Crippen molar-refractivity contribution in [3.63, 3.8) is 0 Å². The second kappa shape index (κ2) is 8.08. The number of hydrogen-bond donors (Lipinski definition) is 1. The Labute approximate surface area is 131 Å². The first-order valence-electron chi connectivity index (χ1n) is 7.63. The normalized spacial score (nSPS) is 15.1. The highest BCUT2D eigenvalue weighted by atomic mass is 16.5. The lowest BCUT2D eigenvalue weighted by molar-refractivity contribution is -0.112. The fourth-order valence-electron chi connectivity index (χ4n) is 2.37. The lowest BCUT2D eigenvalue weighted by Crippen LogP contribution is -2.26. The van der Waals surface area contributed by atoms with E-state index in [4.69, 9.17) is 4.74 Å². The molecule has 1 saturated heterocycles. The SMILES string of the molecule is CCOc1ccc(NC(=O)/C(C#N)=C\N2CCCCC2)cc1. The van der Waals surface area contributed by atoms with E-state index in [2.05, 4.69) is 5.32 Å². The highest BCUT2D eigenvalue weighted by Crippen LogP contribution is 2.17. The van der Waals surface area contributed by atoms with Crippen molar-refractivity contribution in [1.82, 2.24) is 4.90 Å². The highest BCUT2D eigenvalue weighted by molar-refractivity contribution is 6.06. The molecule has 0 saturated carbocycles. The molecule has 1 N–H and O–H groups in total. The highest BCUT2D eigenvalue weighted by Gasteiger charge is 2.13. The van der Waals surface area contributed by atoms with Gasteiger partial charge in [-0.15, -0.1) is 0 Å². The van der Waals surface area contributed by atoms with Crippen LogP contribution in [0.3, 0.4) is 0 Å². The first kappa shape index (κ1) is 15.9. The lowest BCUT2D eigenvalue weighted by Gasteiger charge is -2.25. The zero-order chi connectivity index (χ0) is 15.8. The van der Waals surface area contributed by atoms with Crippen LogP contribution in [-0.4, -0.2) is 30.5 Å². The number of carbonyl (C=O) groups is 1. The van der Waals surface area contributed by atoms with Crippen LogP contribution in [0.2, 0.25) is 0 Å². The zero-order valence-electron chi connectivity index (χ0n) is 12.8. The van der Waals surface area contributed by atoms with Crippen molar-refractivity contribution in [3.05, 3.63) is 36.0 Å². The van der Waals surface area contributed by atoms with Crippen LogP contribution in [0.5, 0.6) is 5.75 Å². The lowest BCUT2D eigenvalue weighted by atomic mass is 10.1. The number of nitrogens with zero attached hydrogens (tertiary/aromatic N) is 2. The summed E-state index contributed by atoms with van der Waals surface area (Å²) in [6.07, 6.45) is 5.10. The molecule has 22 heavy (non-hydrogen) atoms. The summed E-state index contributed by atoms with van der Waals surface area (Å²) in [6, 6.07) is 9.09. The molecule has 0 atom stereocenters. The van der Waals surface area contributed by atoms with E-state index >= 15 is 0 Å². The zero-order valence-corrected chi connectivity index (χ0v) is 12.8. The fraction of sp³-hybridized carbons (Fsp3) is 0.412. The Morgan fingerprint density at radius 2 is 2.00 bits per heavy atom. The van der Waals surface area contributed by atoms with Gasteiger partial charge in [0.25, 0.3) is 5.91 Å². The molecule has 116 valence electrons. The minimum absolute atomic E-state index is 0.135. The average molecular weight is 299 g/mol. The number of rotatable bonds is 5. The van der Waals surface area contributed by atoms with Crippen LogP contribution >= 0.6 is 0 Å². The predicted octanol–water partition coefficient (Wildman–Crippen LogP) is 2.92. The van der Waals surface area contributed by atoms with Crippen LogP contribution in [0, 0.1) is 11.3 Å². The molecule has 2 rings (SSSR count). The van der Waals surface area contributed by atoms with E-state index < -0.39 is 0 Å². The summed E-state index contributed by atoms with van der Waals surface area (Å²) in [7, 11) is 0. The summed E-state index contributed by atoms with van der Waals surface area (Å²) >= 11 is 0. The number of nitrogens with one attached hydrogen (secondary N) is 1. The maximum atomic E-state index is 12.2. The Balaban J connectivity index is 1.99. The van der Waals surface area contributed by atoms with E-state index in [0.717, 1.165) is 31.7 Å². The molecule has 1 aliphatic heterocycles. The van der Waals surface area contributed by atoms with Crippen molar-refractivity contribution in [3.8, 4) is 11.8 Å². The van der Waals surface area contributed by atoms with Gasteiger partial charge in [0, 0.05) is 25.0 Å². The third-order valence-corrected chi connectivity index (χ3v) is 3.49. The molecule has 0 aromatic heterocycles. The van der Waals surface area contributed by atoms with E-state index in [9.17, 15) is 10.1 Å². The number of amides is 1. The van der Waals surface area contributed by atoms with Crippen molar-refractivity contribution < 1.29 is 9.53 Å². The number of carbonyl (C=O) groups excluding carboxylic acids is 1. The Morgan fingerprint density at radius 3 is 2.59 bits per heavy atom. The molecule has 5 heteroatoms. The van der Waals surface area contributed by atoms with Crippen LogP contribution in [0.1, 0.15) is 26.2 Å². The topological polar surface area (TPSA) is 65.4 Å². The number of anilines is 1. The van der Waals surface area contributed by atoms with E-state index in [1.54, 1.807) is 30.5 Å². The van der Waals surface area contributed by atoms with Crippen LogP contribution in [0.4, 0.5) is 5.69 Å². The number of ether oxygens (including phenoxy) is 1. The van der Waals surface area contributed by atoms with E-state index in [-0.39, 0.29) is 11.5 Å². The van der Waals surface area contributed by atoms with Crippen LogP contribution in [-0.2, 0) is 4.79 Å². The number of likely N-dealkylation sites (tertiary alicyclic amines) is 1. The van der Waals surface area contributed by atoms with Crippen molar-refractivity contribution in [2.45, 2.75) is 26.2 Å². The quantitative estimate of drug-likeness (QED) is 0.670. The van der Waals surface area contributed by atoms with Gasteiger partial charge in [0.05, 0.1) is 6.61 Å². The second-order valence-corrected chi connectivity index (χ2v) is 5.16. The molecular formula is C17H21N3O2. The summed E-state index contributed by atoms with van der Waals surface area (Å²) in [4.78, 5) is 14.2. The Morgan fingerprint density at radius 1 is 1.32 bits per heavy atom. The molecule has 0 radical (unpaired) electrons. The van der Waals surface area contributed by atoms with Crippen molar-refractivity contribution >= 4 is 11.6 Å². The van der Waals surface area contributed by atoms with E-state index in [0.29, 0.717) is 12.3 Å². The van der Waals surface area contributed by atoms with Gasteiger partial charge < -0.3 is 15.0 Å². The van der Waals surface area contributed by atoms with Gasteiger partial charge >= 0.3 is 0 Å². The Kier molecular flexibility index (Phi) is 5.84. The molecule has 0 unspecified atom stereocenters. The number of hydrogen-bond acceptors (Lipinski definition) is 4. The van der Waals surface area contributed by atoms with Crippen LogP contribution in [0.25, 0.3) is 0 Å². The molecule has 1 aromatic carbocycles. The maximum absolute atomic E-state index is 12.2. The van der Waals surface area contributed by atoms with Gasteiger partial charge in [0.2, 0.25) is 0 Å². The smallest absolute Gasteiger partial charge is 0.267 e. The Hall–Kier alpha value is -2.48. The molecule has 1 amide bonds. The molecule has 1 aliphatic rings. The first-order chi connectivity index (χ1) is 10.7. The summed E-state index contributed by atoms with van der Waals surface area (Å²) < 4.78 is 5.35. The van der Waals surface area contributed by atoms with Crippen LogP contribution in [0.15, 0.2) is 36.0 Å². The van der Waals surface area contributed by atoms with Gasteiger partial charge in [-0.25, -0.2) is 0 Å². The third-order valence-electron chi connectivity index (χ3n) is 3.49. The van der Waals surface area contributed by atoms with Gasteiger partial charge in [0.1, 0.15) is 17.4 Å². The first-order valence-corrected chi connectivity index (χ1v) is 7.63. The van der Waals surface area contributed by atoms with E-state index in [1.165, 1.54) is 6.42 Å². The number of benzene rings is 1. The van der Waals surface area contributed by atoms with E-state index in [1.807, 2.05) is 17.9 Å². The van der Waals surface area contributed by atoms with Crippen molar-refractivity contribution in [1.29, 1.82) is 5.26 Å².